The highest BCUT2D eigenvalue weighted by Gasteiger charge is 2.25. The van der Waals surface area contributed by atoms with Gasteiger partial charge in [-0.25, -0.2) is 8.78 Å². The number of hydrogen-bond acceptors (Lipinski definition) is 5. The molecule has 7 nitrogen and oxygen atoms in total. The molecule has 0 saturated heterocycles. The van der Waals surface area contributed by atoms with E-state index in [1.165, 1.54) is 0 Å². The van der Waals surface area contributed by atoms with Crippen LogP contribution in [-0.2, 0) is 9.53 Å². The summed E-state index contributed by atoms with van der Waals surface area (Å²) in [6, 6.07) is 0.736. The molecule has 1 N–H and O–H groups in total. The fraction of sp³-hybridized carbons (Fsp3) is 0.273. The Balaban J connectivity index is 2.94. The number of hydrogen-bond donors (Lipinski definition) is 1. The van der Waals surface area contributed by atoms with E-state index in [0.29, 0.717) is 12.1 Å². The van der Waals surface area contributed by atoms with Gasteiger partial charge in [-0.05, 0) is 6.07 Å². The Kier molecular flexibility index (Phi) is 5.70. The van der Waals surface area contributed by atoms with Gasteiger partial charge in [0, 0.05) is 6.54 Å². The number of nitro benzene ring substituents is 1. The van der Waals surface area contributed by atoms with E-state index < -0.39 is 44.5 Å². The Morgan fingerprint density at radius 2 is 2.00 bits per heavy atom. The first-order valence-corrected chi connectivity index (χ1v) is 6.33. The maximum atomic E-state index is 13.1. The van der Waals surface area contributed by atoms with Crippen LogP contribution in [0.4, 0.5) is 14.5 Å². The molecule has 0 spiro atoms. The number of esters is 1. The van der Waals surface area contributed by atoms with Crippen molar-refractivity contribution in [2.75, 3.05) is 13.7 Å². The molecule has 0 aliphatic rings. The zero-order valence-corrected chi connectivity index (χ0v) is 12.1. The molecule has 1 atom stereocenters. The van der Waals surface area contributed by atoms with Crippen LogP contribution in [0.2, 0.25) is 0 Å². The Morgan fingerprint density at radius 3 is 2.52 bits per heavy atom. The highest BCUT2D eigenvalue weighted by Crippen LogP contribution is 2.22. The summed E-state index contributed by atoms with van der Waals surface area (Å²) in [5, 5.41) is 12.9. The summed E-state index contributed by atoms with van der Waals surface area (Å²) in [5.74, 6) is -4.52. The number of nitrogens with zero attached hydrogens (tertiary/aromatic N) is 1. The molecule has 10 heteroatoms. The molecule has 0 radical (unpaired) electrons. The van der Waals surface area contributed by atoms with Crippen molar-refractivity contribution in [3.05, 3.63) is 39.4 Å². The number of rotatable bonds is 5. The van der Waals surface area contributed by atoms with E-state index in [0.717, 1.165) is 7.11 Å². The molecule has 0 bridgehead atoms. The van der Waals surface area contributed by atoms with Crippen LogP contribution >= 0.6 is 15.9 Å². The van der Waals surface area contributed by atoms with Crippen LogP contribution in [0.5, 0.6) is 0 Å². The molecule has 21 heavy (non-hydrogen) atoms. The van der Waals surface area contributed by atoms with E-state index in [1.54, 1.807) is 0 Å². The molecular weight excluding hydrogens is 358 g/mol. The summed E-state index contributed by atoms with van der Waals surface area (Å²) in [5.41, 5.74) is -1.53. The SMILES string of the molecule is COC(=O)C(Br)CNC(=O)c1cc(F)c(F)cc1[N+](=O)[O-]. The number of halogens is 3. The Labute approximate surface area is 125 Å². The van der Waals surface area contributed by atoms with Gasteiger partial charge in [0.25, 0.3) is 11.6 Å². The van der Waals surface area contributed by atoms with Crippen LogP contribution in [0.3, 0.4) is 0 Å². The first-order chi connectivity index (χ1) is 9.77. The third kappa shape index (κ3) is 4.18. The average molecular weight is 367 g/mol. The molecule has 1 aromatic carbocycles. The maximum Gasteiger partial charge on any atom is 0.321 e. The number of carbonyl (C=O) groups excluding carboxylic acids is 2. The lowest BCUT2D eigenvalue weighted by atomic mass is 10.1. The van der Waals surface area contributed by atoms with E-state index in [2.05, 4.69) is 26.0 Å². The maximum absolute atomic E-state index is 13.1. The number of nitro groups is 1. The van der Waals surface area contributed by atoms with Gasteiger partial charge in [-0.2, -0.15) is 0 Å². The summed E-state index contributed by atoms with van der Waals surface area (Å²) in [6.45, 7) is -0.248. The smallest absolute Gasteiger partial charge is 0.321 e. The number of amides is 1. The zero-order valence-electron chi connectivity index (χ0n) is 10.6. The van der Waals surface area contributed by atoms with Crippen molar-refractivity contribution >= 4 is 33.5 Å². The quantitative estimate of drug-likeness (QED) is 0.368. The van der Waals surface area contributed by atoms with Crippen LogP contribution in [0, 0.1) is 21.7 Å². The van der Waals surface area contributed by atoms with Crippen molar-refractivity contribution in [3.8, 4) is 0 Å². The van der Waals surface area contributed by atoms with Gasteiger partial charge in [-0.3, -0.25) is 19.7 Å². The van der Waals surface area contributed by atoms with Gasteiger partial charge < -0.3 is 10.1 Å². The molecule has 1 amide bonds. The van der Waals surface area contributed by atoms with Crippen molar-refractivity contribution in [1.29, 1.82) is 0 Å². The second-order valence-corrected chi connectivity index (χ2v) is 4.85. The molecule has 0 saturated carbocycles. The molecule has 0 aliphatic carbocycles. The van der Waals surface area contributed by atoms with E-state index in [-0.39, 0.29) is 6.54 Å². The normalized spacial score (nSPS) is 11.6. The minimum Gasteiger partial charge on any atom is -0.468 e. The molecule has 1 unspecified atom stereocenters. The lowest BCUT2D eigenvalue weighted by Gasteiger charge is -2.09. The van der Waals surface area contributed by atoms with E-state index in [4.69, 9.17) is 0 Å². The first kappa shape index (κ1) is 17.0. The summed E-state index contributed by atoms with van der Waals surface area (Å²) in [7, 11) is 1.14. The van der Waals surface area contributed by atoms with Crippen molar-refractivity contribution < 1.29 is 28.0 Å². The van der Waals surface area contributed by atoms with Gasteiger partial charge in [0.2, 0.25) is 0 Å². The fourth-order valence-corrected chi connectivity index (χ4v) is 1.71. The zero-order chi connectivity index (χ0) is 16.2. The topological polar surface area (TPSA) is 98.5 Å². The number of ether oxygens (including phenoxy) is 1. The predicted octanol–water partition coefficient (Wildman–Crippen LogP) is 1.54. The monoisotopic (exact) mass is 366 g/mol. The van der Waals surface area contributed by atoms with Gasteiger partial charge >= 0.3 is 5.97 Å². The number of benzene rings is 1. The lowest BCUT2D eigenvalue weighted by molar-refractivity contribution is -0.385. The van der Waals surface area contributed by atoms with Gasteiger partial charge in [-0.15, -0.1) is 0 Å². The van der Waals surface area contributed by atoms with Crippen LogP contribution < -0.4 is 5.32 Å². The summed E-state index contributed by atoms with van der Waals surface area (Å²) >= 11 is 2.92. The Hall–Kier alpha value is -2.10. The third-order valence-electron chi connectivity index (χ3n) is 2.38. The number of carbonyl (C=O) groups is 2. The number of nitrogens with one attached hydrogen (secondary N) is 1. The van der Waals surface area contributed by atoms with Gasteiger partial charge in [-0.1, -0.05) is 15.9 Å². The first-order valence-electron chi connectivity index (χ1n) is 5.41. The highest BCUT2D eigenvalue weighted by atomic mass is 79.9. The highest BCUT2D eigenvalue weighted by molar-refractivity contribution is 9.10. The summed E-state index contributed by atoms with van der Waals surface area (Å²) in [4.78, 5) is 31.7. The molecule has 1 rings (SSSR count). The Morgan fingerprint density at radius 1 is 1.43 bits per heavy atom. The fourth-order valence-electron chi connectivity index (χ4n) is 1.36. The van der Waals surface area contributed by atoms with Crippen molar-refractivity contribution in [2.45, 2.75) is 4.83 Å². The van der Waals surface area contributed by atoms with Crippen molar-refractivity contribution in [2.24, 2.45) is 0 Å². The minimum atomic E-state index is -1.44. The van der Waals surface area contributed by atoms with Crippen molar-refractivity contribution in [3.63, 3.8) is 0 Å². The van der Waals surface area contributed by atoms with Crippen LogP contribution in [0.1, 0.15) is 10.4 Å². The second kappa shape index (κ2) is 7.07. The molecule has 0 fully saturated rings. The second-order valence-electron chi connectivity index (χ2n) is 3.74. The molecule has 114 valence electrons. The van der Waals surface area contributed by atoms with E-state index in [1.807, 2.05) is 0 Å². The average Bonchev–Trinajstić information content (AvgIpc) is 2.45. The van der Waals surface area contributed by atoms with Gasteiger partial charge in [0.05, 0.1) is 18.1 Å². The number of methoxy groups -OCH3 is 1. The van der Waals surface area contributed by atoms with Crippen molar-refractivity contribution in [1.82, 2.24) is 5.32 Å². The van der Waals surface area contributed by atoms with Gasteiger partial charge in [0.1, 0.15) is 10.4 Å². The number of alkyl halides is 1. The van der Waals surface area contributed by atoms with E-state index >= 15 is 0 Å². The van der Waals surface area contributed by atoms with Crippen LogP contribution in [0.15, 0.2) is 12.1 Å². The summed E-state index contributed by atoms with van der Waals surface area (Å²) < 4.78 is 30.5. The molecule has 0 heterocycles. The third-order valence-corrected chi connectivity index (χ3v) is 3.08. The van der Waals surface area contributed by atoms with Crippen LogP contribution in [-0.4, -0.2) is 35.3 Å². The minimum absolute atomic E-state index is 0.248. The standard InChI is InChI=1S/C11H9BrF2N2O5/c1-21-11(18)6(12)4-15-10(17)5-2-7(13)8(14)3-9(5)16(19)20/h2-3,6H,4H2,1H3,(H,15,17). The van der Waals surface area contributed by atoms with Crippen LogP contribution in [0.25, 0.3) is 0 Å². The molecular formula is C11H9BrF2N2O5. The molecule has 1 aromatic rings. The molecule has 0 aromatic heterocycles. The molecule has 0 aliphatic heterocycles. The summed E-state index contributed by atoms with van der Waals surface area (Å²) in [6.07, 6.45) is 0. The Bertz CT molecular complexity index is 596. The van der Waals surface area contributed by atoms with Gasteiger partial charge in [0.15, 0.2) is 11.6 Å². The lowest BCUT2D eigenvalue weighted by Crippen LogP contribution is -2.34. The largest absolute Gasteiger partial charge is 0.468 e. The predicted molar refractivity (Wildman–Crippen MR) is 70.1 cm³/mol. The van der Waals surface area contributed by atoms with E-state index in [9.17, 15) is 28.5 Å².